The van der Waals surface area contributed by atoms with Crippen molar-refractivity contribution in [2.45, 2.75) is 57.4 Å². The highest BCUT2D eigenvalue weighted by Crippen LogP contribution is 2.43. The van der Waals surface area contributed by atoms with Gasteiger partial charge in [-0.2, -0.15) is 0 Å². The molecule has 2 rings (SSSR count). The smallest absolute Gasteiger partial charge is 0.0348 e. The van der Waals surface area contributed by atoms with Crippen molar-refractivity contribution in [2.75, 3.05) is 0 Å². The van der Waals surface area contributed by atoms with Gasteiger partial charge in [0.05, 0.1) is 0 Å². The maximum atomic E-state index is 5.61. The Morgan fingerprint density at radius 1 is 1.19 bits per heavy atom. The molecule has 2 heteroatoms. The van der Waals surface area contributed by atoms with Crippen molar-refractivity contribution < 1.29 is 0 Å². The van der Waals surface area contributed by atoms with E-state index >= 15 is 0 Å². The van der Waals surface area contributed by atoms with Gasteiger partial charge >= 0.3 is 0 Å². The van der Waals surface area contributed by atoms with E-state index in [-0.39, 0.29) is 0 Å². The first-order valence-electron chi connectivity index (χ1n) is 6.74. The summed E-state index contributed by atoms with van der Waals surface area (Å²) >= 11 is 0. The molecule has 0 aliphatic heterocycles. The molecule has 0 saturated heterocycles. The SMILES string of the molecule is C#CCC(NN)C1CCC2CCCCC2C1. The maximum Gasteiger partial charge on any atom is 0.0348 e. The van der Waals surface area contributed by atoms with Crippen molar-refractivity contribution in [1.29, 1.82) is 0 Å². The van der Waals surface area contributed by atoms with E-state index in [2.05, 4.69) is 11.3 Å². The Bertz CT molecular complexity index is 256. The van der Waals surface area contributed by atoms with Gasteiger partial charge in [0.25, 0.3) is 0 Å². The summed E-state index contributed by atoms with van der Waals surface area (Å²) in [6.07, 6.45) is 16.0. The maximum absolute atomic E-state index is 5.61. The molecule has 90 valence electrons. The fourth-order valence-electron chi connectivity index (χ4n) is 3.76. The summed E-state index contributed by atoms with van der Waals surface area (Å²) in [6, 6.07) is 0.341. The van der Waals surface area contributed by atoms with E-state index in [1.165, 1.54) is 44.9 Å². The summed E-state index contributed by atoms with van der Waals surface area (Å²) in [7, 11) is 0. The molecule has 3 N–H and O–H groups in total. The normalized spacial score (nSPS) is 36.1. The van der Waals surface area contributed by atoms with Crippen molar-refractivity contribution in [1.82, 2.24) is 5.43 Å². The lowest BCUT2D eigenvalue weighted by Gasteiger charge is -2.41. The molecule has 0 heterocycles. The Morgan fingerprint density at radius 2 is 1.94 bits per heavy atom. The highest BCUT2D eigenvalue weighted by molar-refractivity contribution is 4.94. The highest BCUT2D eigenvalue weighted by atomic mass is 15.2. The van der Waals surface area contributed by atoms with Crippen LogP contribution in [0.3, 0.4) is 0 Å². The van der Waals surface area contributed by atoms with Crippen LogP contribution in [0.5, 0.6) is 0 Å². The number of rotatable bonds is 3. The number of nitrogens with one attached hydrogen (secondary N) is 1. The summed E-state index contributed by atoms with van der Waals surface area (Å²) < 4.78 is 0. The van der Waals surface area contributed by atoms with Crippen LogP contribution in [0, 0.1) is 30.1 Å². The van der Waals surface area contributed by atoms with E-state index in [9.17, 15) is 0 Å². The van der Waals surface area contributed by atoms with Gasteiger partial charge in [0.15, 0.2) is 0 Å². The zero-order valence-corrected chi connectivity index (χ0v) is 10.1. The molecule has 0 amide bonds. The molecule has 4 unspecified atom stereocenters. The van der Waals surface area contributed by atoms with Crippen molar-refractivity contribution in [2.24, 2.45) is 23.6 Å². The van der Waals surface area contributed by atoms with Gasteiger partial charge in [-0.05, 0) is 37.0 Å². The second kappa shape index (κ2) is 5.70. The van der Waals surface area contributed by atoms with E-state index < -0.39 is 0 Å². The average Bonchev–Trinajstić information content (AvgIpc) is 2.35. The van der Waals surface area contributed by atoms with Crippen LogP contribution in [-0.2, 0) is 0 Å². The van der Waals surface area contributed by atoms with Crippen LogP contribution in [-0.4, -0.2) is 6.04 Å². The molecule has 4 atom stereocenters. The van der Waals surface area contributed by atoms with Gasteiger partial charge < -0.3 is 0 Å². The van der Waals surface area contributed by atoms with E-state index in [0.29, 0.717) is 12.0 Å². The van der Waals surface area contributed by atoms with Crippen LogP contribution >= 0.6 is 0 Å². The first-order chi connectivity index (χ1) is 7.85. The van der Waals surface area contributed by atoms with Gasteiger partial charge in [0.2, 0.25) is 0 Å². The van der Waals surface area contributed by atoms with Crippen LogP contribution < -0.4 is 11.3 Å². The van der Waals surface area contributed by atoms with Crippen molar-refractivity contribution in [3.05, 3.63) is 0 Å². The van der Waals surface area contributed by atoms with Crippen molar-refractivity contribution in [3.8, 4) is 12.3 Å². The van der Waals surface area contributed by atoms with Crippen LogP contribution in [0.2, 0.25) is 0 Å². The van der Waals surface area contributed by atoms with Crippen molar-refractivity contribution in [3.63, 3.8) is 0 Å². The Kier molecular flexibility index (Phi) is 4.26. The molecule has 0 spiro atoms. The quantitative estimate of drug-likeness (QED) is 0.435. The summed E-state index contributed by atoms with van der Waals surface area (Å²) in [5.74, 6) is 11.0. The summed E-state index contributed by atoms with van der Waals surface area (Å²) in [6.45, 7) is 0. The summed E-state index contributed by atoms with van der Waals surface area (Å²) in [5.41, 5.74) is 2.93. The zero-order chi connectivity index (χ0) is 11.4. The molecule has 0 bridgehead atoms. The molecular formula is C14H24N2. The molecule has 16 heavy (non-hydrogen) atoms. The second-order valence-electron chi connectivity index (χ2n) is 5.56. The first kappa shape index (κ1) is 12.0. The third-order valence-corrected chi connectivity index (χ3v) is 4.70. The summed E-state index contributed by atoms with van der Waals surface area (Å²) in [5, 5.41) is 0. The molecule has 2 aliphatic carbocycles. The molecule has 2 fully saturated rings. The number of fused-ring (bicyclic) bond motifs is 1. The van der Waals surface area contributed by atoms with Crippen molar-refractivity contribution >= 4 is 0 Å². The fraction of sp³-hybridized carbons (Fsp3) is 0.857. The minimum Gasteiger partial charge on any atom is -0.271 e. The van der Waals surface area contributed by atoms with E-state index in [1.807, 2.05) is 0 Å². The second-order valence-corrected chi connectivity index (χ2v) is 5.56. The van der Waals surface area contributed by atoms with E-state index in [0.717, 1.165) is 18.3 Å². The van der Waals surface area contributed by atoms with Gasteiger partial charge in [-0.15, -0.1) is 12.3 Å². The van der Waals surface area contributed by atoms with Gasteiger partial charge in [0.1, 0.15) is 0 Å². The van der Waals surface area contributed by atoms with Crippen LogP contribution in [0.4, 0.5) is 0 Å². The third-order valence-electron chi connectivity index (χ3n) is 4.70. The monoisotopic (exact) mass is 220 g/mol. The molecule has 0 aromatic heterocycles. The third kappa shape index (κ3) is 2.59. The van der Waals surface area contributed by atoms with Gasteiger partial charge in [0, 0.05) is 12.5 Å². The lowest BCUT2D eigenvalue weighted by Crippen LogP contribution is -2.44. The number of hydrazine groups is 1. The zero-order valence-electron chi connectivity index (χ0n) is 10.1. The minimum atomic E-state index is 0.341. The Labute approximate surface area is 99.3 Å². The predicted octanol–water partition coefficient (Wildman–Crippen LogP) is 2.45. The molecular weight excluding hydrogens is 196 g/mol. The standard InChI is InChI=1S/C14H24N2/c1-2-5-14(16-15)13-9-8-11-6-3-4-7-12(11)10-13/h1,11-14,16H,3-10,15H2. The lowest BCUT2D eigenvalue weighted by molar-refractivity contribution is 0.110. The fourth-order valence-corrected chi connectivity index (χ4v) is 3.76. The molecule has 0 radical (unpaired) electrons. The molecule has 2 saturated carbocycles. The molecule has 0 aromatic rings. The number of hydrogen-bond acceptors (Lipinski definition) is 2. The van der Waals surface area contributed by atoms with Crippen LogP contribution in [0.1, 0.15) is 51.4 Å². The molecule has 2 aliphatic rings. The van der Waals surface area contributed by atoms with Crippen LogP contribution in [0.25, 0.3) is 0 Å². The summed E-state index contributed by atoms with van der Waals surface area (Å²) in [4.78, 5) is 0. The molecule has 0 aromatic carbocycles. The van der Waals surface area contributed by atoms with Gasteiger partial charge in [-0.1, -0.05) is 25.7 Å². The van der Waals surface area contributed by atoms with Gasteiger partial charge in [-0.3, -0.25) is 11.3 Å². The Balaban J connectivity index is 1.91. The predicted molar refractivity (Wildman–Crippen MR) is 67.4 cm³/mol. The largest absolute Gasteiger partial charge is 0.271 e. The highest BCUT2D eigenvalue weighted by Gasteiger charge is 2.34. The Morgan fingerprint density at radius 3 is 2.62 bits per heavy atom. The molecule has 2 nitrogen and oxygen atoms in total. The number of hydrogen-bond donors (Lipinski definition) is 2. The lowest BCUT2D eigenvalue weighted by atomic mass is 9.66. The Hall–Kier alpha value is -0.520. The van der Waals surface area contributed by atoms with Gasteiger partial charge in [-0.25, -0.2) is 0 Å². The first-order valence-corrected chi connectivity index (χ1v) is 6.74. The average molecular weight is 220 g/mol. The number of terminal acetylenes is 1. The minimum absolute atomic E-state index is 0.341. The van der Waals surface area contributed by atoms with E-state index in [1.54, 1.807) is 0 Å². The topological polar surface area (TPSA) is 38.0 Å². The number of nitrogens with two attached hydrogens (primary N) is 1. The van der Waals surface area contributed by atoms with Crippen LogP contribution in [0.15, 0.2) is 0 Å². The van der Waals surface area contributed by atoms with E-state index in [4.69, 9.17) is 12.3 Å².